The Morgan fingerprint density at radius 2 is 2.29 bits per heavy atom. The highest BCUT2D eigenvalue weighted by molar-refractivity contribution is 6.00. The summed E-state index contributed by atoms with van der Waals surface area (Å²) in [6.07, 6.45) is 2.20. The maximum atomic E-state index is 12.6. The smallest absolute Gasteiger partial charge is 0.272 e. The minimum Gasteiger partial charge on any atom is -0.337 e. The number of amides is 1. The Labute approximate surface area is 124 Å². The van der Waals surface area contributed by atoms with Crippen LogP contribution in [-0.4, -0.2) is 28.9 Å². The lowest BCUT2D eigenvalue weighted by atomic mass is 10.1. The highest BCUT2D eigenvalue weighted by Crippen LogP contribution is 2.25. The van der Waals surface area contributed by atoms with Crippen LogP contribution in [0.2, 0.25) is 0 Å². The number of hydrogen-bond acceptors (Lipinski definition) is 4. The average Bonchev–Trinajstić information content (AvgIpc) is 3.02. The van der Waals surface area contributed by atoms with Gasteiger partial charge in [0.05, 0.1) is 0 Å². The largest absolute Gasteiger partial charge is 0.337 e. The van der Waals surface area contributed by atoms with Crippen LogP contribution in [0, 0.1) is 5.92 Å². The van der Waals surface area contributed by atoms with Gasteiger partial charge in [0.25, 0.3) is 5.91 Å². The van der Waals surface area contributed by atoms with Crippen molar-refractivity contribution in [1.29, 1.82) is 0 Å². The number of hydrazine groups is 1. The summed E-state index contributed by atoms with van der Waals surface area (Å²) in [7, 11) is 0. The Balaban J connectivity index is 1.95. The maximum Gasteiger partial charge on any atom is 0.272 e. The molecule has 0 radical (unpaired) electrons. The molecule has 1 amide bonds. The molecule has 3 N–H and O–H groups in total. The van der Waals surface area contributed by atoms with E-state index in [0.29, 0.717) is 17.4 Å². The number of anilines is 1. The first-order chi connectivity index (χ1) is 10.2. The molecule has 1 unspecified atom stereocenters. The van der Waals surface area contributed by atoms with Crippen LogP contribution in [0.4, 0.5) is 5.82 Å². The van der Waals surface area contributed by atoms with E-state index in [1.165, 1.54) is 0 Å². The number of nitrogens with one attached hydrogen (secondary N) is 1. The molecule has 1 aliphatic heterocycles. The van der Waals surface area contributed by atoms with Crippen molar-refractivity contribution in [2.45, 2.75) is 19.8 Å². The molecule has 0 bridgehead atoms. The van der Waals surface area contributed by atoms with E-state index in [2.05, 4.69) is 17.3 Å². The molecule has 1 aromatic carbocycles. The van der Waals surface area contributed by atoms with E-state index in [0.717, 1.165) is 36.7 Å². The molecule has 1 saturated heterocycles. The number of nitrogens with two attached hydrogens (primary N) is 1. The van der Waals surface area contributed by atoms with Gasteiger partial charge in [0.15, 0.2) is 0 Å². The summed E-state index contributed by atoms with van der Waals surface area (Å²) in [6.45, 7) is 3.82. The van der Waals surface area contributed by atoms with Gasteiger partial charge < -0.3 is 10.3 Å². The van der Waals surface area contributed by atoms with Crippen molar-refractivity contribution >= 4 is 22.5 Å². The summed E-state index contributed by atoms with van der Waals surface area (Å²) in [5.74, 6) is 6.69. The van der Waals surface area contributed by atoms with Crippen LogP contribution in [0.25, 0.3) is 10.8 Å². The summed E-state index contributed by atoms with van der Waals surface area (Å²) in [6, 6.07) is 9.62. The Morgan fingerprint density at radius 3 is 3.00 bits per heavy atom. The lowest BCUT2D eigenvalue weighted by molar-refractivity contribution is 0.0781. The first-order valence-electron chi connectivity index (χ1n) is 7.38. The molecular formula is C16H20N4O. The maximum absolute atomic E-state index is 12.6. The molecular weight excluding hydrogens is 264 g/mol. The number of hydrogen-bond donors (Lipinski definition) is 2. The van der Waals surface area contributed by atoms with Gasteiger partial charge in [-0.1, -0.05) is 37.6 Å². The summed E-state index contributed by atoms with van der Waals surface area (Å²) < 4.78 is 0. The Hall–Kier alpha value is -2.14. The Morgan fingerprint density at radius 1 is 1.48 bits per heavy atom. The van der Waals surface area contributed by atoms with E-state index in [9.17, 15) is 4.79 Å². The topological polar surface area (TPSA) is 71.2 Å². The number of aromatic nitrogens is 1. The normalized spacial score (nSPS) is 18.2. The number of nitrogens with zero attached hydrogens (tertiary/aromatic N) is 2. The van der Waals surface area contributed by atoms with E-state index in [1.54, 1.807) is 0 Å². The molecule has 2 aromatic rings. The predicted molar refractivity (Wildman–Crippen MR) is 83.9 cm³/mol. The number of nitrogen functional groups attached to an aromatic ring is 1. The zero-order valence-corrected chi connectivity index (χ0v) is 12.2. The number of likely N-dealkylation sites (tertiary alicyclic amines) is 1. The number of carbonyl (C=O) groups excluding carboxylic acids is 1. The first-order valence-corrected chi connectivity index (χ1v) is 7.38. The molecule has 0 saturated carbocycles. The third kappa shape index (κ3) is 2.56. The quantitative estimate of drug-likeness (QED) is 0.670. The van der Waals surface area contributed by atoms with E-state index in [4.69, 9.17) is 5.84 Å². The SMILES string of the molecule is CCC1CCN(C(=O)c2cc3ccccc3c(NN)n2)C1. The van der Waals surface area contributed by atoms with Gasteiger partial charge in [-0.15, -0.1) is 0 Å². The van der Waals surface area contributed by atoms with Crippen molar-refractivity contribution < 1.29 is 4.79 Å². The summed E-state index contributed by atoms with van der Waals surface area (Å²) >= 11 is 0. The lowest BCUT2D eigenvalue weighted by Gasteiger charge is -2.17. The van der Waals surface area contributed by atoms with Crippen LogP contribution in [0.3, 0.4) is 0 Å². The zero-order chi connectivity index (χ0) is 14.8. The second kappa shape index (κ2) is 5.69. The van der Waals surface area contributed by atoms with E-state index in [1.807, 2.05) is 35.2 Å². The number of rotatable bonds is 3. The van der Waals surface area contributed by atoms with Gasteiger partial charge in [-0.25, -0.2) is 10.8 Å². The van der Waals surface area contributed by atoms with Crippen molar-refractivity contribution in [3.8, 4) is 0 Å². The highest BCUT2D eigenvalue weighted by Gasteiger charge is 2.27. The Kier molecular flexibility index (Phi) is 3.75. The lowest BCUT2D eigenvalue weighted by Crippen LogP contribution is -2.29. The fourth-order valence-electron chi connectivity index (χ4n) is 2.93. The standard InChI is InChI=1S/C16H20N4O/c1-2-11-7-8-20(10-11)16(21)14-9-12-5-3-4-6-13(12)15(18-14)19-17/h3-6,9,11H,2,7-8,10,17H2,1H3,(H,18,19). The van der Waals surface area contributed by atoms with Gasteiger partial charge in [0.1, 0.15) is 11.5 Å². The fourth-order valence-corrected chi connectivity index (χ4v) is 2.93. The molecule has 0 aliphatic carbocycles. The molecule has 1 aromatic heterocycles. The third-order valence-electron chi connectivity index (χ3n) is 4.25. The van der Waals surface area contributed by atoms with Crippen LogP contribution >= 0.6 is 0 Å². The zero-order valence-electron chi connectivity index (χ0n) is 12.2. The van der Waals surface area contributed by atoms with Crippen LogP contribution in [0.15, 0.2) is 30.3 Å². The second-order valence-electron chi connectivity index (χ2n) is 5.54. The molecule has 1 aliphatic rings. The Bertz CT molecular complexity index is 670. The van der Waals surface area contributed by atoms with Crippen LogP contribution in [0.5, 0.6) is 0 Å². The van der Waals surface area contributed by atoms with E-state index in [-0.39, 0.29) is 5.91 Å². The van der Waals surface area contributed by atoms with Gasteiger partial charge in [-0.05, 0) is 23.8 Å². The van der Waals surface area contributed by atoms with Gasteiger partial charge in [-0.2, -0.15) is 0 Å². The molecule has 21 heavy (non-hydrogen) atoms. The predicted octanol–water partition coefficient (Wildman–Crippen LogP) is 2.39. The van der Waals surface area contributed by atoms with Gasteiger partial charge >= 0.3 is 0 Å². The number of fused-ring (bicyclic) bond motifs is 1. The van der Waals surface area contributed by atoms with Gasteiger partial charge in [0, 0.05) is 18.5 Å². The van der Waals surface area contributed by atoms with Crippen LogP contribution in [-0.2, 0) is 0 Å². The summed E-state index contributed by atoms with van der Waals surface area (Å²) in [4.78, 5) is 18.9. The van der Waals surface area contributed by atoms with Crippen molar-refractivity contribution in [3.63, 3.8) is 0 Å². The van der Waals surface area contributed by atoms with Crippen LogP contribution in [0.1, 0.15) is 30.3 Å². The summed E-state index contributed by atoms with van der Waals surface area (Å²) in [5.41, 5.74) is 3.05. The fraction of sp³-hybridized carbons (Fsp3) is 0.375. The van der Waals surface area contributed by atoms with Gasteiger partial charge in [-0.3, -0.25) is 4.79 Å². The molecule has 0 spiro atoms. The third-order valence-corrected chi connectivity index (χ3v) is 4.25. The average molecular weight is 284 g/mol. The van der Waals surface area contributed by atoms with Crippen molar-refractivity contribution in [1.82, 2.24) is 9.88 Å². The van der Waals surface area contributed by atoms with E-state index < -0.39 is 0 Å². The molecule has 5 heteroatoms. The monoisotopic (exact) mass is 284 g/mol. The van der Waals surface area contributed by atoms with Crippen LogP contribution < -0.4 is 11.3 Å². The first kappa shape index (κ1) is 13.8. The number of pyridine rings is 1. The van der Waals surface area contributed by atoms with Crippen molar-refractivity contribution in [3.05, 3.63) is 36.0 Å². The van der Waals surface area contributed by atoms with Crippen molar-refractivity contribution in [2.24, 2.45) is 11.8 Å². The second-order valence-corrected chi connectivity index (χ2v) is 5.54. The minimum absolute atomic E-state index is 0.00629. The van der Waals surface area contributed by atoms with Gasteiger partial charge in [0.2, 0.25) is 0 Å². The summed E-state index contributed by atoms with van der Waals surface area (Å²) in [5, 5.41) is 1.89. The van der Waals surface area contributed by atoms with E-state index >= 15 is 0 Å². The molecule has 1 fully saturated rings. The molecule has 5 nitrogen and oxygen atoms in total. The molecule has 2 heterocycles. The number of carbonyl (C=O) groups is 1. The minimum atomic E-state index is -0.00629. The van der Waals surface area contributed by atoms with Crippen molar-refractivity contribution in [2.75, 3.05) is 18.5 Å². The highest BCUT2D eigenvalue weighted by atomic mass is 16.2. The number of benzene rings is 1. The molecule has 3 rings (SSSR count). The molecule has 1 atom stereocenters. The molecule has 110 valence electrons.